The Kier molecular flexibility index (Phi) is 11.8. The Hall–Kier alpha value is -6.63. The van der Waals surface area contributed by atoms with Crippen LogP contribution in [0.2, 0.25) is 0 Å². The largest absolute Gasteiger partial charge is 0.678 e. The number of aryl methyl sites for hydroxylation is 1. The highest BCUT2D eigenvalue weighted by Crippen LogP contribution is 2.36. The quantitative estimate of drug-likeness (QED) is 0.0430. The first-order chi connectivity index (χ1) is 25.5. The van der Waals surface area contributed by atoms with Crippen LogP contribution in [0.25, 0.3) is 29.0 Å². The summed E-state index contributed by atoms with van der Waals surface area (Å²) < 4.78 is 49.8. The lowest BCUT2D eigenvalue weighted by Crippen LogP contribution is -2.17. The van der Waals surface area contributed by atoms with E-state index in [-0.39, 0.29) is 22.5 Å². The van der Waals surface area contributed by atoms with E-state index in [9.17, 15) is 19.2 Å². The molecule has 53 heavy (non-hydrogen) atoms. The van der Waals surface area contributed by atoms with Crippen molar-refractivity contribution in [3.05, 3.63) is 147 Å². The molecule has 3 aromatic carbocycles. The highest BCUT2D eigenvalue weighted by molar-refractivity contribution is 6.42. The number of ether oxygens (including phenoxy) is 4. The number of hydrogen-bond acceptors (Lipinski definition) is 9. The summed E-state index contributed by atoms with van der Waals surface area (Å²) in [6, 6.07) is 24.0. The minimum atomic E-state index is -2.94. The average Bonchev–Trinajstić information content (AvgIpc) is 3.85. The van der Waals surface area contributed by atoms with Crippen molar-refractivity contribution in [1.29, 1.82) is 0 Å². The van der Waals surface area contributed by atoms with E-state index < -0.39 is 31.3 Å². The molecule has 0 spiro atoms. The van der Waals surface area contributed by atoms with Gasteiger partial charge in [0.05, 0.1) is 39.8 Å². The van der Waals surface area contributed by atoms with Gasteiger partial charge in [-0.25, -0.2) is 24.2 Å². The summed E-state index contributed by atoms with van der Waals surface area (Å²) in [7, 11) is 1.67. The third-order valence-corrected chi connectivity index (χ3v) is 8.26. The second kappa shape index (κ2) is 16.6. The van der Waals surface area contributed by atoms with Crippen LogP contribution in [0.1, 0.15) is 33.5 Å². The molecular weight excluding hydrogens is 685 g/mol. The highest BCUT2D eigenvalue weighted by Gasteiger charge is 2.29. The van der Waals surface area contributed by atoms with Crippen LogP contribution < -0.4 is 0 Å². The van der Waals surface area contributed by atoms with Gasteiger partial charge >= 0.3 is 31.3 Å². The summed E-state index contributed by atoms with van der Waals surface area (Å²) in [5.74, 6) is -3.42. The summed E-state index contributed by atoms with van der Waals surface area (Å²) in [5.41, 5.74) is 5.18. The first kappa shape index (κ1) is 37.6. The number of nitrogens with zero attached hydrogens (tertiary/aromatic N) is 2. The van der Waals surface area contributed by atoms with E-state index in [1.807, 2.05) is 31.2 Å². The van der Waals surface area contributed by atoms with E-state index in [0.29, 0.717) is 44.8 Å². The highest BCUT2D eigenvalue weighted by atomic mass is 19.2. The zero-order valence-corrected chi connectivity index (χ0v) is 29.4. The van der Waals surface area contributed by atoms with Gasteiger partial charge in [-0.1, -0.05) is 78.4 Å². The van der Waals surface area contributed by atoms with Crippen LogP contribution >= 0.6 is 0 Å². The van der Waals surface area contributed by atoms with E-state index >= 15 is 8.63 Å². The van der Waals surface area contributed by atoms with Gasteiger partial charge in [0.25, 0.3) is 0 Å². The second-order valence-electron chi connectivity index (χ2n) is 11.5. The summed E-state index contributed by atoms with van der Waals surface area (Å²) in [6.07, 6.45) is 6.20. The van der Waals surface area contributed by atoms with Crippen LogP contribution in [0, 0.1) is 6.92 Å². The molecule has 0 fully saturated rings. The molecule has 1 aliphatic heterocycles. The van der Waals surface area contributed by atoms with Gasteiger partial charge in [0.1, 0.15) is 11.1 Å². The van der Waals surface area contributed by atoms with E-state index in [1.54, 1.807) is 72.8 Å². The monoisotopic (exact) mass is 718 g/mol. The van der Waals surface area contributed by atoms with Gasteiger partial charge in [-0.05, 0) is 65.6 Å². The van der Waals surface area contributed by atoms with E-state index in [1.165, 1.54) is 12.2 Å². The predicted octanol–water partition coefficient (Wildman–Crippen LogP) is 6.51. The maximum absolute atomic E-state index is 15.1. The molecule has 5 rings (SSSR count). The van der Waals surface area contributed by atoms with Crippen LogP contribution in [0.15, 0.2) is 119 Å². The van der Waals surface area contributed by atoms with Crippen molar-refractivity contribution in [1.82, 2.24) is 4.48 Å². The van der Waals surface area contributed by atoms with Gasteiger partial charge < -0.3 is 23.4 Å². The Morgan fingerprint density at radius 3 is 1.55 bits per heavy atom. The molecule has 0 atom stereocenters. The van der Waals surface area contributed by atoms with E-state index in [4.69, 9.17) is 14.5 Å². The smallest absolute Gasteiger partial charge is 0.465 e. The lowest BCUT2D eigenvalue weighted by molar-refractivity contribution is -0.145. The number of carbonyl (C=O) groups is 4. The van der Waals surface area contributed by atoms with Crippen LogP contribution in [0.3, 0.4) is 0 Å². The van der Waals surface area contributed by atoms with Gasteiger partial charge in [0, 0.05) is 22.5 Å². The fourth-order valence-electron chi connectivity index (χ4n) is 5.58. The lowest BCUT2D eigenvalue weighted by atomic mass is 9.97. The maximum Gasteiger partial charge on any atom is 0.678 e. The van der Waals surface area contributed by atoms with Gasteiger partial charge in [0.2, 0.25) is 0 Å². The lowest BCUT2D eigenvalue weighted by Gasteiger charge is -2.16. The average molecular weight is 719 g/mol. The summed E-state index contributed by atoms with van der Waals surface area (Å²) in [5, 5.41) is 0. The molecule has 0 unspecified atom stereocenters. The molecule has 1 aromatic heterocycles. The number of allylic oxidation sites excluding steroid dienone is 2. The number of benzene rings is 3. The van der Waals surface area contributed by atoms with Crippen molar-refractivity contribution in [2.24, 2.45) is 4.99 Å². The van der Waals surface area contributed by atoms with Crippen molar-refractivity contribution in [2.45, 2.75) is 6.92 Å². The number of aromatic nitrogens is 1. The predicted molar refractivity (Wildman–Crippen MR) is 197 cm³/mol. The van der Waals surface area contributed by atoms with Gasteiger partial charge in [-0.2, -0.15) is 0 Å². The molecule has 0 saturated heterocycles. The molecule has 13 heteroatoms. The zero-order chi connectivity index (χ0) is 38.2. The molecule has 268 valence electrons. The van der Waals surface area contributed by atoms with Gasteiger partial charge in [0.15, 0.2) is 0 Å². The van der Waals surface area contributed by atoms with Gasteiger partial charge in [-0.15, -0.1) is 0 Å². The molecule has 0 amide bonds. The number of methoxy groups -OCH3 is 4. The Morgan fingerprint density at radius 2 is 1.09 bits per heavy atom. The SMILES string of the molecule is COC(=O)C(=Cc1ccc(C2=N/C(=C(\c3ccc(C)cc3)c3ccc(-c4ccc(C=C(C(=O)OC)C(=O)OC)cc4)n3B(F)F)C=C2)cc1)C(=O)OC. The molecule has 0 bridgehead atoms. The first-order valence-corrected chi connectivity index (χ1v) is 16.0. The minimum absolute atomic E-state index is 0.227. The van der Waals surface area contributed by atoms with Crippen LogP contribution in [0.5, 0.6) is 0 Å². The Bertz CT molecular complexity index is 2180. The first-order valence-electron chi connectivity index (χ1n) is 16.0. The Morgan fingerprint density at radius 1 is 0.623 bits per heavy atom. The number of halogens is 2. The topological polar surface area (TPSA) is 122 Å². The van der Waals surface area contributed by atoms with Crippen LogP contribution in [0.4, 0.5) is 8.63 Å². The molecular formula is C40H33BF2N2O8. The van der Waals surface area contributed by atoms with E-state index in [2.05, 4.69) is 9.47 Å². The number of hydrogen-bond donors (Lipinski definition) is 0. The third kappa shape index (κ3) is 8.31. The Labute approximate surface area is 304 Å². The summed E-state index contributed by atoms with van der Waals surface area (Å²) in [6.45, 7) is 1.93. The van der Waals surface area contributed by atoms with Crippen molar-refractivity contribution in [2.75, 3.05) is 28.4 Å². The molecule has 0 aliphatic carbocycles. The molecule has 1 aliphatic rings. The molecule has 4 aromatic rings. The normalized spacial score (nSPS) is 12.6. The molecule has 10 nitrogen and oxygen atoms in total. The fourth-order valence-corrected chi connectivity index (χ4v) is 5.58. The minimum Gasteiger partial charge on any atom is -0.465 e. The number of rotatable bonds is 11. The second-order valence-corrected chi connectivity index (χ2v) is 11.5. The molecule has 0 saturated carbocycles. The number of esters is 4. The summed E-state index contributed by atoms with van der Waals surface area (Å²) >= 11 is 0. The van der Waals surface area contributed by atoms with Crippen LogP contribution in [-0.2, 0) is 38.1 Å². The fraction of sp³-hybridized carbons (Fsp3) is 0.125. The van der Waals surface area contributed by atoms with Crippen molar-refractivity contribution in [3.8, 4) is 11.3 Å². The third-order valence-electron chi connectivity index (χ3n) is 8.26. The molecule has 2 heterocycles. The van der Waals surface area contributed by atoms with Gasteiger partial charge in [-0.3, -0.25) is 8.63 Å². The van der Waals surface area contributed by atoms with Crippen molar-refractivity contribution >= 4 is 54.7 Å². The van der Waals surface area contributed by atoms with E-state index in [0.717, 1.165) is 38.5 Å². The standard InChI is InChI=1S/C40H33BF2N2O8/c1-24-6-12-29(13-7-24)36(33-19-18-32(44-33)27-14-8-25(9-15-27)22-30(37(46)50-2)38(47)51-3)35-21-20-34(45(35)41(42)43)28-16-10-26(11-17-28)23-31(39(48)52-4)40(49)53-5/h6-23H,1-5H3/b36-33+. The zero-order valence-electron chi connectivity index (χ0n) is 29.4. The molecule has 0 N–H and O–H groups in total. The van der Waals surface area contributed by atoms with Crippen molar-refractivity contribution < 1.29 is 46.8 Å². The molecule has 0 radical (unpaired) electrons. The number of carbonyl (C=O) groups excluding carboxylic acids is 4. The van der Waals surface area contributed by atoms with Crippen LogP contribution in [-0.4, -0.2) is 69.9 Å². The number of aliphatic imine (C=N–C) groups is 1. The Balaban J connectivity index is 1.57. The van der Waals surface area contributed by atoms with Crippen molar-refractivity contribution in [3.63, 3.8) is 0 Å². The summed E-state index contributed by atoms with van der Waals surface area (Å²) in [4.78, 5) is 53.3. The maximum atomic E-state index is 15.1.